The minimum atomic E-state index is -3.68. The standard InChI is InChI=1S/C22H21FN2O4S/c1-29-21-13-8-16(22(26)24-19-6-4-3-5-7-19)14-17(21)15-25(30(2,27)28)20-11-9-18(23)10-12-20/h3-14H,15H2,1-2H3,(H,24,26). The van der Waals surface area contributed by atoms with Gasteiger partial charge in [0.05, 0.1) is 25.6 Å². The van der Waals surface area contributed by atoms with Crippen LogP contribution in [0.3, 0.4) is 0 Å². The number of carbonyl (C=O) groups is 1. The molecule has 0 atom stereocenters. The van der Waals surface area contributed by atoms with Gasteiger partial charge >= 0.3 is 0 Å². The zero-order valence-corrected chi connectivity index (χ0v) is 17.3. The van der Waals surface area contributed by atoms with Crippen molar-refractivity contribution in [3.05, 3.63) is 89.7 Å². The SMILES string of the molecule is COc1ccc(C(=O)Nc2ccccc2)cc1CN(c1ccc(F)cc1)S(C)(=O)=O. The number of hydrogen-bond donors (Lipinski definition) is 1. The molecular weight excluding hydrogens is 407 g/mol. The first-order valence-corrected chi connectivity index (χ1v) is 10.9. The monoisotopic (exact) mass is 428 g/mol. The summed E-state index contributed by atoms with van der Waals surface area (Å²) < 4.78 is 44.5. The fourth-order valence-corrected chi connectivity index (χ4v) is 3.81. The minimum Gasteiger partial charge on any atom is -0.496 e. The number of ether oxygens (including phenoxy) is 1. The smallest absolute Gasteiger partial charge is 0.255 e. The van der Waals surface area contributed by atoms with E-state index in [1.54, 1.807) is 30.3 Å². The van der Waals surface area contributed by atoms with Gasteiger partial charge in [-0.25, -0.2) is 12.8 Å². The Labute approximate surface area is 175 Å². The Morgan fingerprint density at radius 1 is 1.03 bits per heavy atom. The number of halogens is 1. The van der Waals surface area contributed by atoms with E-state index < -0.39 is 15.8 Å². The van der Waals surface area contributed by atoms with Crippen molar-refractivity contribution in [2.75, 3.05) is 23.0 Å². The van der Waals surface area contributed by atoms with Crippen molar-refractivity contribution in [3.63, 3.8) is 0 Å². The van der Waals surface area contributed by atoms with Crippen molar-refractivity contribution in [2.24, 2.45) is 0 Å². The van der Waals surface area contributed by atoms with E-state index >= 15 is 0 Å². The molecule has 0 aliphatic rings. The zero-order chi connectivity index (χ0) is 21.7. The normalized spacial score (nSPS) is 11.0. The Morgan fingerprint density at radius 2 is 1.70 bits per heavy atom. The number of nitrogens with one attached hydrogen (secondary N) is 1. The molecule has 1 N–H and O–H groups in total. The molecule has 1 amide bonds. The first-order valence-electron chi connectivity index (χ1n) is 9.04. The molecule has 0 spiro atoms. The van der Waals surface area contributed by atoms with Crippen LogP contribution < -0.4 is 14.4 Å². The van der Waals surface area contributed by atoms with E-state index in [0.717, 1.165) is 10.6 Å². The lowest BCUT2D eigenvalue weighted by Gasteiger charge is -2.24. The second kappa shape index (κ2) is 8.96. The van der Waals surface area contributed by atoms with E-state index in [2.05, 4.69) is 5.32 Å². The lowest BCUT2D eigenvalue weighted by Crippen LogP contribution is -2.29. The molecule has 3 rings (SSSR count). The molecule has 0 aliphatic heterocycles. The fraction of sp³-hybridized carbons (Fsp3) is 0.136. The van der Waals surface area contributed by atoms with Gasteiger partial charge in [-0.2, -0.15) is 0 Å². The third kappa shape index (κ3) is 5.15. The van der Waals surface area contributed by atoms with E-state index in [0.29, 0.717) is 28.3 Å². The lowest BCUT2D eigenvalue weighted by atomic mass is 10.1. The van der Waals surface area contributed by atoms with Gasteiger partial charge in [0.1, 0.15) is 11.6 Å². The zero-order valence-electron chi connectivity index (χ0n) is 16.5. The molecule has 3 aromatic carbocycles. The maximum Gasteiger partial charge on any atom is 0.255 e. The number of hydrogen-bond acceptors (Lipinski definition) is 4. The van der Waals surface area contributed by atoms with Crippen molar-refractivity contribution in [3.8, 4) is 5.75 Å². The molecule has 0 heterocycles. The van der Waals surface area contributed by atoms with E-state index in [1.807, 2.05) is 18.2 Å². The Bertz CT molecular complexity index is 1130. The summed E-state index contributed by atoms with van der Waals surface area (Å²) in [5.74, 6) is -0.371. The molecule has 8 heteroatoms. The van der Waals surface area contributed by atoms with Crippen LogP contribution >= 0.6 is 0 Å². The van der Waals surface area contributed by atoms with E-state index in [4.69, 9.17) is 4.74 Å². The van der Waals surface area contributed by atoms with E-state index in [1.165, 1.54) is 31.4 Å². The largest absolute Gasteiger partial charge is 0.496 e. The summed E-state index contributed by atoms with van der Waals surface area (Å²) in [7, 11) is -2.22. The highest BCUT2D eigenvalue weighted by Crippen LogP contribution is 2.27. The molecule has 0 bridgehead atoms. The minimum absolute atomic E-state index is 0.0832. The second-order valence-electron chi connectivity index (χ2n) is 6.59. The van der Waals surface area contributed by atoms with Crippen LogP contribution in [-0.4, -0.2) is 27.7 Å². The third-order valence-corrected chi connectivity index (χ3v) is 5.54. The number of anilines is 2. The molecule has 0 fully saturated rings. The average Bonchev–Trinajstić information content (AvgIpc) is 2.72. The van der Waals surface area contributed by atoms with Crippen molar-refractivity contribution in [1.29, 1.82) is 0 Å². The Morgan fingerprint density at radius 3 is 2.30 bits per heavy atom. The molecule has 0 saturated heterocycles. The average molecular weight is 428 g/mol. The van der Waals surface area contributed by atoms with Gasteiger partial charge in [0.25, 0.3) is 5.91 Å². The highest BCUT2D eigenvalue weighted by atomic mass is 32.2. The molecular formula is C22H21FN2O4S. The molecule has 3 aromatic rings. The summed E-state index contributed by atoms with van der Waals surface area (Å²) >= 11 is 0. The van der Waals surface area contributed by atoms with Crippen LogP contribution in [0.2, 0.25) is 0 Å². The number of para-hydroxylation sites is 1. The fourth-order valence-electron chi connectivity index (χ4n) is 2.93. The van der Waals surface area contributed by atoms with Gasteiger partial charge in [0.15, 0.2) is 0 Å². The van der Waals surface area contributed by atoms with Crippen molar-refractivity contribution in [1.82, 2.24) is 0 Å². The second-order valence-corrected chi connectivity index (χ2v) is 8.50. The number of nitrogens with zero attached hydrogens (tertiary/aromatic N) is 1. The Hall–Kier alpha value is -3.39. The van der Waals surface area contributed by atoms with Crippen LogP contribution in [-0.2, 0) is 16.6 Å². The predicted molar refractivity (Wildman–Crippen MR) is 115 cm³/mol. The molecule has 156 valence electrons. The summed E-state index contributed by atoms with van der Waals surface area (Å²) in [5.41, 5.74) is 1.79. The summed E-state index contributed by atoms with van der Waals surface area (Å²) in [5, 5.41) is 2.79. The van der Waals surface area contributed by atoms with Crippen LogP contribution in [0, 0.1) is 5.82 Å². The summed E-state index contributed by atoms with van der Waals surface area (Å²) in [6.07, 6.45) is 1.06. The van der Waals surface area contributed by atoms with Crippen LogP contribution in [0.1, 0.15) is 15.9 Å². The Balaban J connectivity index is 1.93. The third-order valence-electron chi connectivity index (χ3n) is 4.40. The van der Waals surface area contributed by atoms with Crippen molar-refractivity contribution >= 4 is 27.3 Å². The molecule has 0 aromatic heterocycles. The van der Waals surface area contributed by atoms with Gasteiger partial charge < -0.3 is 10.1 Å². The van der Waals surface area contributed by atoms with Crippen LogP contribution in [0.5, 0.6) is 5.75 Å². The number of rotatable bonds is 7. The molecule has 0 aliphatic carbocycles. The lowest BCUT2D eigenvalue weighted by molar-refractivity contribution is 0.102. The van der Waals surface area contributed by atoms with Gasteiger partial charge in [0.2, 0.25) is 10.0 Å². The summed E-state index contributed by atoms with van der Waals surface area (Å²) in [6, 6.07) is 18.9. The van der Waals surface area contributed by atoms with Crippen LogP contribution in [0.25, 0.3) is 0 Å². The first kappa shape index (κ1) is 21.3. The van der Waals surface area contributed by atoms with Gasteiger partial charge in [-0.1, -0.05) is 18.2 Å². The highest BCUT2D eigenvalue weighted by molar-refractivity contribution is 7.92. The first-order chi connectivity index (χ1) is 14.3. The predicted octanol–water partition coefficient (Wildman–Crippen LogP) is 4.05. The topological polar surface area (TPSA) is 75.7 Å². The number of benzene rings is 3. The maximum absolute atomic E-state index is 13.3. The van der Waals surface area contributed by atoms with Gasteiger partial charge in [-0.05, 0) is 54.6 Å². The number of amides is 1. The van der Waals surface area contributed by atoms with Gasteiger partial charge in [-0.3, -0.25) is 9.10 Å². The molecule has 6 nitrogen and oxygen atoms in total. The number of methoxy groups -OCH3 is 1. The number of carbonyl (C=O) groups excluding carboxylic acids is 1. The summed E-state index contributed by atoms with van der Waals surface area (Å²) in [4.78, 5) is 12.6. The van der Waals surface area contributed by atoms with Gasteiger partial charge in [-0.15, -0.1) is 0 Å². The molecule has 0 radical (unpaired) electrons. The summed E-state index contributed by atoms with van der Waals surface area (Å²) in [6.45, 7) is -0.0832. The maximum atomic E-state index is 13.3. The molecule has 0 saturated carbocycles. The van der Waals surface area contributed by atoms with E-state index in [-0.39, 0.29) is 12.5 Å². The van der Waals surface area contributed by atoms with Crippen LogP contribution in [0.15, 0.2) is 72.8 Å². The van der Waals surface area contributed by atoms with Crippen molar-refractivity contribution < 1.29 is 22.3 Å². The quantitative estimate of drug-likeness (QED) is 0.616. The van der Waals surface area contributed by atoms with Crippen LogP contribution in [0.4, 0.5) is 15.8 Å². The van der Waals surface area contributed by atoms with Gasteiger partial charge in [0, 0.05) is 16.8 Å². The molecule has 30 heavy (non-hydrogen) atoms. The number of sulfonamides is 1. The van der Waals surface area contributed by atoms with E-state index in [9.17, 15) is 17.6 Å². The molecule has 0 unspecified atom stereocenters. The highest BCUT2D eigenvalue weighted by Gasteiger charge is 2.21. The van der Waals surface area contributed by atoms with Crippen molar-refractivity contribution in [2.45, 2.75) is 6.54 Å². The Kier molecular flexibility index (Phi) is 6.37.